The minimum absolute atomic E-state index is 0.210. The summed E-state index contributed by atoms with van der Waals surface area (Å²) in [7, 11) is 2.23. The third-order valence-electron chi connectivity index (χ3n) is 4.56. The van der Waals surface area contributed by atoms with E-state index in [2.05, 4.69) is 54.1 Å². The second-order valence-electron chi connectivity index (χ2n) is 5.67. The zero-order chi connectivity index (χ0) is 13.7. The van der Waals surface area contributed by atoms with Crippen LogP contribution in [0.15, 0.2) is 30.3 Å². The van der Waals surface area contributed by atoms with E-state index in [1.165, 1.54) is 12.1 Å². The topological polar surface area (TPSA) is 32.5 Å². The molecule has 106 valence electrons. The fourth-order valence-electron chi connectivity index (χ4n) is 3.13. The molecule has 0 aliphatic carbocycles. The fraction of sp³-hybridized carbons (Fsp3) is 0.625. The van der Waals surface area contributed by atoms with Gasteiger partial charge in [0.05, 0.1) is 0 Å². The largest absolute Gasteiger partial charge is 0.371 e. The molecule has 1 aromatic carbocycles. The molecule has 1 aliphatic heterocycles. The highest BCUT2D eigenvalue weighted by Crippen LogP contribution is 2.29. The van der Waals surface area contributed by atoms with Gasteiger partial charge >= 0.3 is 0 Å². The highest BCUT2D eigenvalue weighted by Gasteiger charge is 2.36. The Labute approximate surface area is 117 Å². The zero-order valence-electron chi connectivity index (χ0n) is 12.3. The van der Waals surface area contributed by atoms with Gasteiger partial charge in [-0.25, -0.2) is 0 Å². The van der Waals surface area contributed by atoms with Crippen LogP contribution >= 0.6 is 0 Å². The summed E-state index contributed by atoms with van der Waals surface area (Å²) < 4.78 is 0. The summed E-state index contributed by atoms with van der Waals surface area (Å²) in [6.07, 6.45) is 3.52. The summed E-state index contributed by atoms with van der Waals surface area (Å²) in [5.41, 5.74) is 7.64. The SMILES string of the molecule is CCCN(C)C1(CN)CCN(c2ccccc2)CC1. The number of para-hydroxylation sites is 1. The first-order chi connectivity index (χ1) is 9.22. The third-order valence-corrected chi connectivity index (χ3v) is 4.56. The number of likely N-dealkylation sites (N-methyl/N-ethyl adjacent to an activating group) is 1. The van der Waals surface area contributed by atoms with Crippen molar-refractivity contribution >= 4 is 5.69 Å². The first kappa shape index (κ1) is 14.4. The molecule has 0 bridgehead atoms. The van der Waals surface area contributed by atoms with Crippen molar-refractivity contribution in [3.8, 4) is 0 Å². The number of anilines is 1. The molecule has 0 amide bonds. The van der Waals surface area contributed by atoms with Crippen molar-refractivity contribution in [3.05, 3.63) is 30.3 Å². The number of nitrogens with two attached hydrogens (primary N) is 1. The van der Waals surface area contributed by atoms with Gasteiger partial charge in [0.2, 0.25) is 0 Å². The van der Waals surface area contributed by atoms with Crippen molar-refractivity contribution < 1.29 is 0 Å². The molecule has 1 fully saturated rings. The van der Waals surface area contributed by atoms with Crippen molar-refractivity contribution in [2.75, 3.05) is 38.1 Å². The van der Waals surface area contributed by atoms with Crippen molar-refractivity contribution in [2.24, 2.45) is 5.73 Å². The molecule has 2 rings (SSSR count). The summed E-state index contributed by atoms with van der Waals surface area (Å²) >= 11 is 0. The van der Waals surface area contributed by atoms with Crippen LogP contribution in [0.4, 0.5) is 5.69 Å². The first-order valence-corrected chi connectivity index (χ1v) is 7.43. The Morgan fingerprint density at radius 1 is 1.21 bits per heavy atom. The average molecular weight is 261 g/mol. The Bertz CT molecular complexity index is 369. The van der Waals surface area contributed by atoms with Crippen molar-refractivity contribution in [3.63, 3.8) is 0 Å². The lowest BCUT2D eigenvalue weighted by Gasteiger charge is -2.47. The highest BCUT2D eigenvalue weighted by molar-refractivity contribution is 5.46. The standard InChI is InChI=1S/C16H27N3/c1-3-11-18(2)16(14-17)9-12-19(13-10-16)15-7-5-4-6-8-15/h4-8H,3,9-14,17H2,1-2H3. The molecule has 0 radical (unpaired) electrons. The van der Waals surface area contributed by atoms with Crippen molar-refractivity contribution in [1.82, 2.24) is 4.90 Å². The Kier molecular flexibility index (Phi) is 4.83. The summed E-state index contributed by atoms with van der Waals surface area (Å²) in [6, 6.07) is 10.7. The lowest BCUT2D eigenvalue weighted by molar-refractivity contribution is 0.0968. The Morgan fingerprint density at radius 2 is 1.84 bits per heavy atom. The maximum absolute atomic E-state index is 6.09. The van der Waals surface area contributed by atoms with Gasteiger partial charge in [0.25, 0.3) is 0 Å². The third kappa shape index (κ3) is 3.10. The minimum Gasteiger partial charge on any atom is -0.371 e. The average Bonchev–Trinajstić information content (AvgIpc) is 2.48. The quantitative estimate of drug-likeness (QED) is 0.883. The van der Waals surface area contributed by atoms with Crippen molar-refractivity contribution in [1.29, 1.82) is 0 Å². The van der Waals surface area contributed by atoms with Crippen LogP contribution in [0.1, 0.15) is 26.2 Å². The summed E-state index contributed by atoms with van der Waals surface area (Å²) in [5.74, 6) is 0. The number of hydrogen-bond acceptors (Lipinski definition) is 3. The molecular weight excluding hydrogens is 234 g/mol. The van der Waals surface area contributed by atoms with E-state index in [1.54, 1.807) is 0 Å². The lowest BCUT2D eigenvalue weighted by Crippen LogP contribution is -2.58. The molecule has 1 aromatic rings. The van der Waals surface area contributed by atoms with Crippen LogP contribution in [0.2, 0.25) is 0 Å². The summed E-state index contributed by atoms with van der Waals surface area (Å²) in [5, 5.41) is 0. The maximum atomic E-state index is 6.09. The second kappa shape index (κ2) is 6.40. The van der Waals surface area contributed by atoms with Crippen LogP contribution in [0.5, 0.6) is 0 Å². The molecule has 1 saturated heterocycles. The Balaban J connectivity index is 2.00. The maximum Gasteiger partial charge on any atom is 0.0366 e. The van der Waals surface area contributed by atoms with Crippen LogP contribution < -0.4 is 10.6 Å². The molecule has 2 N–H and O–H groups in total. The number of rotatable bonds is 5. The molecule has 0 atom stereocenters. The van der Waals surface area contributed by atoms with Gasteiger partial charge in [-0.1, -0.05) is 25.1 Å². The molecule has 0 spiro atoms. The number of benzene rings is 1. The number of piperidine rings is 1. The fourth-order valence-corrected chi connectivity index (χ4v) is 3.13. The number of nitrogens with zero attached hydrogens (tertiary/aromatic N) is 2. The van der Waals surface area contributed by atoms with E-state index in [1.807, 2.05) is 0 Å². The van der Waals surface area contributed by atoms with E-state index in [-0.39, 0.29) is 5.54 Å². The molecule has 0 aromatic heterocycles. The molecule has 3 heteroatoms. The molecule has 19 heavy (non-hydrogen) atoms. The molecule has 1 aliphatic rings. The molecular formula is C16H27N3. The summed E-state index contributed by atoms with van der Waals surface area (Å²) in [4.78, 5) is 4.96. The molecule has 3 nitrogen and oxygen atoms in total. The van der Waals surface area contributed by atoms with Crippen LogP contribution in [0.3, 0.4) is 0 Å². The molecule has 0 unspecified atom stereocenters. The monoisotopic (exact) mass is 261 g/mol. The van der Waals surface area contributed by atoms with E-state index in [0.717, 1.165) is 39.0 Å². The number of hydrogen-bond donors (Lipinski definition) is 1. The van der Waals surface area contributed by atoms with Crippen LogP contribution in [-0.2, 0) is 0 Å². The van der Waals surface area contributed by atoms with Gasteiger partial charge in [0, 0.05) is 30.9 Å². The van der Waals surface area contributed by atoms with Gasteiger partial charge < -0.3 is 10.6 Å². The highest BCUT2D eigenvalue weighted by atomic mass is 15.2. The zero-order valence-corrected chi connectivity index (χ0v) is 12.3. The van der Waals surface area contributed by atoms with Crippen LogP contribution in [-0.4, -0.2) is 43.7 Å². The first-order valence-electron chi connectivity index (χ1n) is 7.43. The van der Waals surface area contributed by atoms with E-state index >= 15 is 0 Å². The van der Waals surface area contributed by atoms with Gasteiger partial charge in [-0.2, -0.15) is 0 Å². The van der Waals surface area contributed by atoms with Gasteiger partial charge in [-0.3, -0.25) is 4.90 Å². The molecule has 0 saturated carbocycles. The Morgan fingerprint density at radius 3 is 2.37 bits per heavy atom. The molecule has 1 heterocycles. The summed E-state index contributed by atoms with van der Waals surface area (Å²) in [6.45, 7) is 6.36. The van der Waals surface area contributed by atoms with Gasteiger partial charge in [-0.05, 0) is 45.0 Å². The van der Waals surface area contributed by atoms with Crippen LogP contribution in [0.25, 0.3) is 0 Å². The smallest absolute Gasteiger partial charge is 0.0366 e. The Hall–Kier alpha value is -1.06. The lowest BCUT2D eigenvalue weighted by atomic mass is 9.85. The van der Waals surface area contributed by atoms with E-state index in [0.29, 0.717) is 0 Å². The predicted molar refractivity (Wildman–Crippen MR) is 82.6 cm³/mol. The van der Waals surface area contributed by atoms with Crippen molar-refractivity contribution in [2.45, 2.75) is 31.7 Å². The minimum atomic E-state index is 0.210. The van der Waals surface area contributed by atoms with Gasteiger partial charge in [0.15, 0.2) is 0 Å². The predicted octanol–water partition coefficient (Wildman–Crippen LogP) is 2.33. The normalized spacial score (nSPS) is 18.8. The van der Waals surface area contributed by atoms with Crippen LogP contribution in [0, 0.1) is 0 Å². The van der Waals surface area contributed by atoms with E-state index in [9.17, 15) is 0 Å². The second-order valence-corrected chi connectivity index (χ2v) is 5.67. The van der Waals surface area contributed by atoms with E-state index in [4.69, 9.17) is 5.73 Å². The van der Waals surface area contributed by atoms with Gasteiger partial charge in [0.1, 0.15) is 0 Å². The van der Waals surface area contributed by atoms with E-state index < -0.39 is 0 Å². The van der Waals surface area contributed by atoms with Gasteiger partial charge in [-0.15, -0.1) is 0 Å².